The Morgan fingerprint density at radius 3 is 2.54 bits per heavy atom. The summed E-state index contributed by atoms with van der Waals surface area (Å²) in [7, 11) is 1.79. The van der Waals surface area contributed by atoms with Crippen LogP contribution < -0.4 is 10.6 Å². The highest BCUT2D eigenvalue weighted by atomic mass is 16.6. The monoisotopic (exact) mass is 390 g/mol. The van der Waals surface area contributed by atoms with E-state index in [0.717, 1.165) is 50.3 Å². The molecule has 156 valence electrons. The molecule has 28 heavy (non-hydrogen) atoms. The van der Waals surface area contributed by atoms with Crippen molar-refractivity contribution in [3.63, 3.8) is 0 Å². The molecule has 2 atom stereocenters. The molecule has 0 spiro atoms. The maximum atomic E-state index is 12.6. The lowest BCUT2D eigenvalue weighted by molar-refractivity contribution is 0.00545. The fourth-order valence-corrected chi connectivity index (χ4v) is 4.17. The molecule has 1 aromatic heterocycles. The van der Waals surface area contributed by atoms with Crippen molar-refractivity contribution in [2.75, 3.05) is 13.6 Å². The Morgan fingerprint density at radius 2 is 2.00 bits per heavy atom. The number of nitrogens with zero attached hydrogens (tertiary/aromatic N) is 4. The van der Waals surface area contributed by atoms with E-state index in [1.165, 1.54) is 0 Å². The number of carbonyl (C=O) groups excluding carboxylic acids is 1. The van der Waals surface area contributed by atoms with Crippen LogP contribution in [0.5, 0.6) is 0 Å². The van der Waals surface area contributed by atoms with Crippen LogP contribution in [0.1, 0.15) is 52.0 Å². The van der Waals surface area contributed by atoms with Crippen molar-refractivity contribution < 1.29 is 9.53 Å². The number of hydrogen-bond donors (Lipinski definition) is 2. The van der Waals surface area contributed by atoms with Gasteiger partial charge in [0, 0.05) is 37.9 Å². The molecule has 2 N–H and O–H groups in total. The molecule has 2 bridgehead atoms. The van der Waals surface area contributed by atoms with Gasteiger partial charge in [0.25, 0.3) is 0 Å². The summed E-state index contributed by atoms with van der Waals surface area (Å²) < 4.78 is 7.54. The third-order valence-corrected chi connectivity index (χ3v) is 5.30. The maximum Gasteiger partial charge on any atom is 0.410 e. The van der Waals surface area contributed by atoms with Gasteiger partial charge < -0.3 is 20.3 Å². The van der Waals surface area contributed by atoms with Gasteiger partial charge in [0.05, 0.1) is 12.7 Å². The topological polar surface area (TPSA) is 83.8 Å². The largest absolute Gasteiger partial charge is 0.444 e. The maximum absolute atomic E-state index is 12.6. The number of aryl methyl sites for hydroxylation is 1. The molecule has 8 heteroatoms. The minimum absolute atomic E-state index is 0.171. The van der Waals surface area contributed by atoms with E-state index in [9.17, 15) is 4.79 Å². The van der Waals surface area contributed by atoms with Crippen LogP contribution in [0.15, 0.2) is 17.4 Å². The molecule has 2 aliphatic heterocycles. The van der Waals surface area contributed by atoms with E-state index in [2.05, 4.69) is 20.7 Å². The standard InChI is InChI=1S/C20H34N6O2/c1-14-12-23-25(13-14)9-8-22-18(21-5)24-15-10-16-6-7-17(11-15)26(16)19(27)28-20(2,3)4/h12-13,15-17H,6-11H2,1-5H3,(H2,21,22,24). The molecule has 0 radical (unpaired) electrons. The highest BCUT2D eigenvalue weighted by Crippen LogP contribution is 2.36. The quantitative estimate of drug-likeness (QED) is 0.609. The summed E-state index contributed by atoms with van der Waals surface area (Å²) in [5.74, 6) is 0.805. The fraction of sp³-hybridized carbons (Fsp3) is 0.750. The second-order valence-electron chi connectivity index (χ2n) is 8.87. The van der Waals surface area contributed by atoms with E-state index in [1.54, 1.807) is 7.05 Å². The Hall–Kier alpha value is -2.25. The van der Waals surface area contributed by atoms with Crippen molar-refractivity contribution in [2.24, 2.45) is 4.99 Å². The molecular formula is C20H34N6O2. The van der Waals surface area contributed by atoms with Crippen molar-refractivity contribution in [3.05, 3.63) is 18.0 Å². The minimum atomic E-state index is -0.454. The van der Waals surface area contributed by atoms with Crippen LogP contribution in [0.4, 0.5) is 4.79 Å². The molecule has 0 aromatic carbocycles. The molecule has 2 saturated heterocycles. The lowest BCUT2D eigenvalue weighted by Gasteiger charge is -2.40. The van der Waals surface area contributed by atoms with Gasteiger partial charge in [0.15, 0.2) is 5.96 Å². The van der Waals surface area contributed by atoms with E-state index < -0.39 is 5.60 Å². The van der Waals surface area contributed by atoms with Crippen molar-refractivity contribution in [1.82, 2.24) is 25.3 Å². The van der Waals surface area contributed by atoms with Crippen LogP contribution in [0.25, 0.3) is 0 Å². The highest BCUT2D eigenvalue weighted by molar-refractivity contribution is 5.80. The van der Waals surface area contributed by atoms with E-state index in [1.807, 2.05) is 49.7 Å². The van der Waals surface area contributed by atoms with E-state index in [-0.39, 0.29) is 18.2 Å². The third kappa shape index (κ3) is 5.17. The van der Waals surface area contributed by atoms with Crippen LogP contribution >= 0.6 is 0 Å². The van der Waals surface area contributed by atoms with Crippen LogP contribution in [0, 0.1) is 6.92 Å². The first-order valence-electron chi connectivity index (χ1n) is 10.2. The number of nitrogens with one attached hydrogen (secondary N) is 2. The summed E-state index contributed by atoms with van der Waals surface area (Å²) in [5.41, 5.74) is 0.708. The Bertz CT molecular complexity index is 694. The van der Waals surface area contributed by atoms with Gasteiger partial charge in [-0.15, -0.1) is 0 Å². The number of fused-ring (bicyclic) bond motifs is 2. The number of guanidine groups is 1. The lowest BCUT2D eigenvalue weighted by Crippen LogP contribution is -2.55. The van der Waals surface area contributed by atoms with Crippen LogP contribution in [-0.2, 0) is 11.3 Å². The average Bonchev–Trinajstić information content (AvgIpc) is 3.13. The molecule has 3 heterocycles. The van der Waals surface area contributed by atoms with Gasteiger partial charge in [0.2, 0.25) is 0 Å². The first kappa shape index (κ1) is 20.5. The van der Waals surface area contributed by atoms with Gasteiger partial charge >= 0.3 is 6.09 Å². The molecule has 3 rings (SSSR count). The summed E-state index contributed by atoms with van der Waals surface area (Å²) in [5, 5.41) is 11.2. The number of piperidine rings is 1. The number of rotatable bonds is 4. The highest BCUT2D eigenvalue weighted by Gasteiger charge is 2.45. The number of aromatic nitrogens is 2. The van der Waals surface area contributed by atoms with Gasteiger partial charge in [-0.3, -0.25) is 9.67 Å². The number of ether oxygens (including phenoxy) is 1. The number of carbonyl (C=O) groups is 1. The van der Waals surface area contributed by atoms with Crippen molar-refractivity contribution in [2.45, 2.75) is 83.6 Å². The molecular weight excluding hydrogens is 356 g/mol. The zero-order chi connectivity index (χ0) is 20.3. The zero-order valence-corrected chi connectivity index (χ0v) is 17.7. The summed E-state index contributed by atoms with van der Waals surface area (Å²) in [6.45, 7) is 9.33. The molecule has 8 nitrogen and oxygen atoms in total. The molecule has 2 fully saturated rings. The molecule has 0 aliphatic carbocycles. The van der Waals surface area contributed by atoms with Gasteiger partial charge in [-0.1, -0.05) is 0 Å². The second-order valence-corrected chi connectivity index (χ2v) is 8.87. The van der Waals surface area contributed by atoms with Crippen LogP contribution in [0.2, 0.25) is 0 Å². The first-order chi connectivity index (χ1) is 13.2. The Labute approximate surface area is 167 Å². The fourth-order valence-electron chi connectivity index (χ4n) is 4.17. The minimum Gasteiger partial charge on any atom is -0.444 e. The molecule has 2 aliphatic rings. The summed E-state index contributed by atoms with van der Waals surface area (Å²) in [4.78, 5) is 18.9. The summed E-state index contributed by atoms with van der Waals surface area (Å²) in [6, 6.07) is 0.807. The van der Waals surface area contributed by atoms with E-state index in [0.29, 0.717) is 6.04 Å². The van der Waals surface area contributed by atoms with Crippen molar-refractivity contribution in [3.8, 4) is 0 Å². The van der Waals surface area contributed by atoms with Crippen LogP contribution in [0.3, 0.4) is 0 Å². The summed E-state index contributed by atoms with van der Waals surface area (Å²) >= 11 is 0. The molecule has 0 saturated carbocycles. The van der Waals surface area contributed by atoms with Gasteiger partial charge in [-0.2, -0.15) is 5.10 Å². The second kappa shape index (κ2) is 8.41. The predicted octanol–water partition coefficient (Wildman–Crippen LogP) is 2.29. The zero-order valence-electron chi connectivity index (χ0n) is 17.7. The lowest BCUT2D eigenvalue weighted by atomic mass is 9.98. The van der Waals surface area contributed by atoms with Crippen molar-refractivity contribution in [1.29, 1.82) is 0 Å². The Balaban J connectivity index is 1.48. The van der Waals surface area contributed by atoms with E-state index >= 15 is 0 Å². The summed E-state index contributed by atoms with van der Waals surface area (Å²) in [6.07, 6.45) is 7.67. The van der Waals surface area contributed by atoms with Gasteiger partial charge in [0.1, 0.15) is 5.60 Å². The number of hydrogen-bond acceptors (Lipinski definition) is 4. The van der Waals surface area contributed by atoms with Crippen LogP contribution in [-0.4, -0.2) is 64.1 Å². The van der Waals surface area contributed by atoms with Gasteiger partial charge in [-0.05, 0) is 58.9 Å². The number of amides is 1. The SMILES string of the molecule is CN=C(NCCn1cc(C)cn1)NC1CC2CCC(C1)N2C(=O)OC(C)(C)C. The molecule has 1 aromatic rings. The Morgan fingerprint density at radius 1 is 1.32 bits per heavy atom. The van der Waals surface area contributed by atoms with Gasteiger partial charge in [-0.25, -0.2) is 4.79 Å². The normalized spacial score (nSPS) is 25.0. The third-order valence-electron chi connectivity index (χ3n) is 5.30. The Kier molecular flexibility index (Phi) is 6.15. The molecule has 1 amide bonds. The smallest absolute Gasteiger partial charge is 0.410 e. The average molecular weight is 391 g/mol. The van der Waals surface area contributed by atoms with Crippen molar-refractivity contribution >= 4 is 12.1 Å². The number of aliphatic imine (C=N–C) groups is 1. The van der Waals surface area contributed by atoms with E-state index in [4.69, 9.17) is 4.74 Å². The predicted molar refractivity (Wildman–Crippen MR) is 109 cm³/mol. The molecule has 2 unspecified atom stereocenters. The first-order valence-corrected chi connectivity index (χ1v) is 10.2.